The molecule has 0 aliphatic heterocycles. The highest BCUT2D eigenvalue weighted by atomic mass is 16.6. The van der Waals surface area contributed by atoms with E-state index >= 15 is 0 Å². The second kappa shape index (κ2) is 11.4. The molecule has 1 aromatic carbocycles. The maximum absolute atomic E-state index is 11.5. The summed E-state index contributed by atoms with van der Waals surface area (Å²) in [5.74, 6) is 1.05. The molecule has 1 heterocycles. The summed E-state index contributed by atoms with van der Waals surface area (Å²) in [7, 11) is 0.903. The minimum Gasteiger partial charge on any atom is -0.484 e. The van der Waals surface area contributed by atoms with Gasteiger partial charge in [0.1, 0.15) is 17.6 Å². The highest BCUT2D eigenvalue weighted by Gasteiger charge is 2.16. The van der Waals surface area contributed by atoms with Crippen LogP contribution in [0.25, 0.3) is 0 Å². The number of nitrogens with zero attached hydrogens (tertiary/aromatic N) is 1. The van der Waals surface area contributed by atoms with Crippen LogP contribution in [0.4, 0.5) is 0 Å². The molecule has 0 saturated heterocycles. The van der Waals surface area contributed by atoms with Crippen LogP contribution in [-0.4, -0.2) is 31.4 Å². The quantitative estimate of drug-likeness (QED) is 0.437. The van der Waals surface area contributed by atoms with Crippen molar-refractivity contribution in [2.75, 3.05) is 13.2 Å². The number of hydrogen-bond donors (Lipinski definition) is 0. The fourth-order valence-corrected chi connectivity index (χ4v) is 2.89. The van der Waals surface area contributed by atoms with Crippen LogP contribution in [0, 0.1) is 6.92 Å². The van der Waals surface area contributed by atoms with E-state index in [0.717, 1.165) is 49.1 Å². The number of benzene rings is 1. The fourth-order valence-electron chi connectivity index (χ4n) is 2.89. The Bertz CT molecular complexity index is 766. The zero-order valence-electron chi connectivity index (χ0n) is 17.4. The lowest BCUT2D eigenvalue weighted by atomic mass is 9.77. The van der Waals surface area contributed by atoms with E-state index in [0.29, 0.717) is 12.4 Å². The number of unbranched alkanes of at least 4 members (excludes halogenated alkanes) is 1. The first-order chi connectivity index (χ1) is 13.6. The van der Waals surface area contributed by atoms with Crippen molar-refractivity contribution in [3.8, 4) is 11.5 Å². The molecule has 2 rings (SSSR count). The number of carbonyl (C=O) groups is 1. The van der Waals surface area contributed by atoms with Gasteiger partial charge in [-0.1, -0.05) is 32.3 Å². The molecule has 0 fully saturated rings. The van der Waals surface area contributed by atoms with Crippen LogP contribution in [0.3, 0.4) is 0 Å². The molecule has 0 aliphatic rings. The molecular formula is C22H30BNO4. The third kappa shape index (κ3) is 6.59. The second-order valence-electron chi connectivity index (χ2n) is 6.68. The van der Waals surface area contributed by atoms with Crippen LogP contribution in [0.5, 0.6) is 11.5 Å². The van der Waals surface area contributed by atoms with Gasteiger partial charge in [-0.2, -0.15) is 0 Å². The van der Waals surface area contributed by atoms with E-state index in [1.165, 1.54) is 0 Å². The molecular weight excluding hydrogens is 353 g/mol. The van der Waals surface area contributed by atoms with Crippen molar-refractivity contribution in [3.63, 3.8) is 0 Å². The number of pyridine rings is 1. The monoisotopic (exact) mass is 383 g/mol. The third-order valence-corrected chi connectivity index (χ3v) is 4.42. The molecule has 0 bridgehead atoms. The summed E-state index contributed by atoms with van der Waals surface area (Å²) in [6.07, 6.45) is 3.00. The summed E-state index contributed by atoms with van der Waals surface area (Å²) in [6.45, 7) is 8.24. The van der Waals surface area contributed by atoms with Crippen molar-refractivity contribution in [2.45, 2.75) is 53.0 Å². The summed E-state index contributed by atoms with van der Waals surface area (Å²) < 4.78 is 16.7. The molecule has 1 unspecified atom stereocenters. The van der Waals surface area contributed by atoms with Gasteiger partial charge in [0.05, 0.1) is 12.3 Å². The average Bonchev–Trinajstić information content (AvgIpc) is 2.70. The molecule has 6 heteroatoms. The smallest absolute Gasteiger partial charge is 0.344 e. The molecule has 0 aliphatic carbocycles. The third-order valence-electron chi connectivity index (χ3n) is 4.42. The second-order valence-corrected chi connectivity index (χ2v) is 6.68. The van der Waals surface area contributed by atoms with Crippen molar-refractivity contribution < 1.29 is 19.0 Å². The molecule has 0 spiro atoms. The zero-order valence-corrected chi connectivity index (χ0v) is 17.4. The number of carbonyl (C=O) groups excluding carboxylic acids is 1. The topological polar surface area (TPSA) is 57.7 Å². The number of aromatic nitrogens is 1. The Balaban J connectivity index is 2.10. The highest BCUT2D eigenvalue weighted by molar-refractivity contribution is 6.50. The van der Waals surface area contributed by atoms with Crippen molar-refractivity contribution in [1.82, 2.24) is 4.98 Å². The fraction of sp³-hybridized carbons (Fsp3) is 0.455. The van der Waals surface area contributed by atoms with Crippen LogP contribution >= 0.6 is 0 Å². The van der Waals surface area contributed by atoms with E-state index < -0.39 is 0 Å². The molecule has 0 saturated carbocycles. The first kappa shape index (κ1) is 21.8. The van der Waals surface area contributed by atoms with E-state index in [9.17, 15) is 4.79 Å². The molecule has 5 nitrogen and oxygen atoms in total. The van der Waals surface area contributed by atoms with Crippen LogP contribution in [0.15, 0.2) is 36.4 Å². The molecule has 1 aromatic heterocycles. The van der Waals surface area contributed by atoms with Gasteiger partial charge in [0.15, 0.2) is 13.9 Å². The first-order valence-corrected chi connectivity index (χ1v) is 10.1. The Hall–Kier alpha value is -2.50. The van der Waals surface area contributed by atoms with E-state index in [1.54, 1.807) is 6.92 Å². The number of esters is 1. The number of hydrogen-bond acceptors (Lipinski definition) is 5. The molecule has 150 valence electrons. The number of rotatable bonds is 11. The SMILES string of the molecule is CBc1cccc(C(CCCC)Oc2ccc(OCC(=O)OCC)c(C)c2)n1. The van der Waals surface area contributed by atoms with Crippen LogP contribution < -0.4 is 15.1 Å². The molecule has 2 aromatic rings. The largest absolute Gasteiger partial charge is 0.484 e. The van der Waals surface area contributed by atoms with E-state index in [1.807, 2.05) is 43.3 Å². The normalized spacial score (nSPS) is 11.6. The standard InChI is InChI=1S/C22H30BNO4/c1-5-7-10-20(18-9-8-11-21(23-4)24-18)28-17-12-13-19(16(3)14-17)27-15-22(25)26-6-2/h8-9,11-14,20,23H,5-7,10,15H2,1-4H3. The molecule has 0 amide bonds. The lowest BCUT2D eigenvalue weighted by molar-refractivity contribution is -0.145. The van der Waals surface area contributed by atoms with Gasteiger partial charge in [-0.25, -0.2) is 4.79 Å². The van der Waals surface area contributed by atoms with E-state index in [-0.39, 0.29) is 18.7 Å². The molecule has 28 heavy (non-hydrogen) atoms. The van der Waals surface area contributed by atoms with E-state index in [2.05, 4.69) is 13.7 Å². The minimum atomic E-state index is -0.372. The van der Waals surface area contributed by atoms with Gasteiger partial charge < -0.3 is 14.2 Å². The van der Waals surface area contributed by atoms with E-state index in [4.69, 9.17) is 19.2 Å². The first-order valence-electron chi connectivity index (χ1n) is 10.1. The summed E-state index contributed by atoms with van der Waals surface area (Å²) in [4.78, 5) is 16.2. The van der Waals surface area contributed by atoms with Crippen molar-refractivity contribution in [1.29, 1.82) is 0 Å². The summed E-state index contributed by atoms with van der Waals surface area (Å²) in [5, 5.41) is 0. The zero-order chi connectivity index (χ0) is 20.4. The highest BCUT2D eigenvalue weighted by Crippen LogP contribution is 2.29. The lowest BCUT2D eigenvalue weighted by Gasteiger charge is -2.20. The van der Waals surface area contributed by atoms with Gasteiger partial charge >= 0.3 is 5.97 Å². The Morgan fingerprint density at radius 1 is 1.21 bits per heavy atom. The van der Waals surface area contributed by atoms with Crippen LogP contribution in [-0.2, 0) is 9.53 Å². The van der Waals surface area contributed by atoms with Gasteiger partial charge in [0.25, 0.3) is 0 Å². The molecule has 0 N–H and O–H groups in total. The van der Waals surface area contributed by atoms with Gasteiger partial charge in [0.2, 0.25) is 0 Å². The summed E-state index contributed by atoms with van der Waals surface area (Å²) in [5.41, 5.74) is 2.95. The van der Waals surface area contributed by atoms with Crippen LogP contribution in [0.1, 0.15) is 50.5 Å². The molecule has 0 radical (unpaired) electrons. The minimum absolute atomic E-state index is 0.0860. The Morgan fingerprint density at radius 2 is 2.04 bits per heavy atom. The lowest BCUT2D eigenvalue weighted by Crippen LogP contribution is -2.20. The van der Waals surface area contributed by atoms with Crippen LogP contribution in [0.2, 0.25) is 6.82 Å². The predicted molar refractivity (Wildman–Crippen MR) is 113 cm³/mol. The predicted octanol–water partition coefficient (Wildman–Crippen LogP) is 3.75. The van der Waals surface area contributed by atoms with Crippen molar-refractivity contribution in [2.24, 2.45) is 0 Å². The Kier molecular flexibility index (Phi) is 8.85. The number of ether oxygens (including phenoxy) is 3. The van der Waals surface area contributed by atoms with Gasteiger partial charge in [0, 0.05) is 0 Å². The Labute approximate surface area is 168 Å². The van der Waals surface area contributed by atoms with Gasteiger partial charge in [-0.05, 0) is 62.1 Å². The maximum Gasteiger partial charge on any atom is 0.344 e. The van der Waals surface area contributed by atoms with Gasteiger partial charge in [-0.3, -0.25) is 4.98 Å². The molecule has 1 atom stereocenters. The summed E-state index contributed by atoms with van der Waals surface area (Å²) in [6, 6.07) is 11.8. The summed E-state index contributed by atoms with van der Waals surface area (Å²) >= 11 is 0. The van der Waals surface area contributed by atoms with Gasteiger partial charge in [-0.15, -0.1) is 0 Å². The number of aryl methyl sites for hydroxylation is 1. The van der Waals surface area contributed by atoms with Crippen molar-refractivity contribution >= 4 is 18.8 Å². The van der Waals surface area contributed by atoms with Crippen molar-refractivity contribution in [3.05, 3.63) is 47.7 Å². The average molecular weight is 383 g/mol. The Morgan fingerprint density at radius 3 is 2.71 bits per heavy atom. The maximum atomic E-state index is 11.5.